The van der Waals surface area contributed by atoms with Crippen LogP contribution in [0.5, 0.6) is 5.75 Å². The molecule has 2 aromatic heterocycles. The van der Waals surface area contributed by atoms with Crippen molar-refractivity contribution in [2.45, 2.75) is 33.2 Å². The lowest BCUT2D eigenvalue weighted by atomic mass is 10.1. The molecule has 108 valence electrons. The summed E-state index contributed by atoms with van der Waals surface area (Å²) in [4.78, 5) is 13.5. The lowest BCUT2D eigenvalue weighted by Gasteiger charge is -2.22. The third kappa shape index (κ3) is 3.02. The quantitative estimate of drug-likeness (QED) is 0.786. The zero-order chi connectivity index (χ0) is 14.7. The van der Waals surface area contributed by atoms with Crippen molar-refractivity contribution in [3.05, 3.63) is 36.2 Å². The van der Waals surface area contributed by atoms with Gasteiger partial charge in [-0.25, -0.2) is 0 Å². The van der Waals surface area contributed by atoms with Gasteiger partial charge in [-0.1, -0.05) is 6.92 Å². The van der Waals surface area contributed by atoms with Gasteiger partial charge in [-0.2, -0.15) is 0 Å². The van der Waals surface area contributed by atoms with E-state index in [4.69, 9.17) is 4.74 Å². The van der Waals surface area contributed by atoms with Crippen LogP contribution in [-0.4, -0.2) is 34.9 Å². The molecule has 0 spiro atoms. The summed E-state index contributed by atoms with van der Waals surface area (Å²) < 4.78 is 7.33. The molecule has 0 aliphatic heterocycles. The molecule has 0 fully saturated rings. The van der Waals surface area contributed by atoms with Gasteiger partial charge in [-0.05, 0) is 50.7 Å². The van der Waals surface area contributed by atoms with Crippen LogP contribution in [0, 0.1) is 0 Å². The molecular formula is C16H22N2O2. The Morgan fingerprint density at radius 2 is 2.15 bits per heavy atom. The Labute approximate surface area is 120 Å². The molecule has 1 unspecified atom stereocenters. The van der Waals surface area contributed by atoms with Crippen LogP contribution < -0.4 is 4.74 Å². The predicted octanol–water partition coefficient (Wildman–Crippen LogP) is 2.75. The maximum Gasteiger partial charge on any atom is 0.308 e. The van der Waals surface area contributed by atoms with E-state index in [0.717, 1.165) is 18.5 Å². The van der Waals surface area contributed by atoms with Gasteiger partial charge in [0.15, 0.2) is 5.75 Å². The van der Waals surface area contributed by atoms with Crippen LogP contribution in [0.15, 0.2) is 30.6 Å². The molecule has 0 radical (unpaired) electrons. The minimum Gasteiger partial charge on any atom is -0.424 e. The van der Waals surface area contributed by atoms with Crippen molar-refractivity contribution in [1.82, 2.24) is 9.30 Å². The Morgan fingerprint density at radius 1 is 1.40 bits per heavy atom. The second kappa shape index (κ2) is 6.09. The van der Waals surface area contributed by atoms with E-state index in [1.165, 1.54) is 12.5 Å². The van der Waals surface area contributed by atoms with E-state index in [2.05, 4.69) is 31.9 Å². The topological polar surface area (TPSA) is 34.0 Å². The third-order valence-corrected chi connectivity index (χ3v) is 3.75. The Balaban J connectivity index is 2.36. The lowest BCUT2D eigenvalue weighted by molar-refractivity contribution is -0.131. The Bertz CT molecular complexity index is 604. The van der Waals surface area contributed by atoms with Gasteiger partial charge in [0.1, 0.15) is 0 Å². The van der Waals surface area contributed by atoms with E-state index in [-0.39, 0.29) is 5.97 Å². The van der Waals surface area contributed by atoms with Gasteiger partial charge >= 0.3 is 5.97 Å². The molecule has 2 heterocycles. The maximum atomic E-state index is 11.2. The highest BCUT2D eigenvalue weighted by molar-refractivity contribution is 5.75. The molecule has 0 bridgehead atoms. The molecule has 0 aliphatic rings. The fraction of sp³-hybridized carbons (Fsp3) is 0.438. The average Bonchev–Trinajstić information content (AvgIpc) is 2.81. The monoisotopic (exact) mass is 274 g/mol. The number of hydrogen-bond donors (Lipinski definition) is 0. The Hall–Kier alpha value is -1.81. The standard InChI is InChI=1S/C16H22N2O2/c1-5-17(4)12(2)11-14-8-10-18-9-6-7-15(16(14)18)20-13(3)19/h6-10,12H,5,11H2,1-4H3. The van der Waals surface area contributed by atoms with Gasteiger partial charge in [0.2, 0.25) is 0 Å². The normalized spacial score (nSPS) is 12.8. The first-order valence-corrected chi connectivity index (χ1v) is 7.00. The van der Waals surface area contributed by atoms with Gasteiger partial charge in [0.25, 0.3) is 0 Å². The van der Waals surface area contributed by atoms with E-state index in [1.54, 1.807) is 0 Å². The first-order chi connectivity index (χ1) is 9.52. The number of fused-ring (bicyclic) bond motifs is 1. The molecular weight excluding hydrogens is 252 g/mol. The maximum absolute atomic E-state index is 11.2. The summed E-state index contributed by atoms with van der Waals surface area (Å²) in [5, 5.41) is 0. The Morgan fingerprint density at radius 3 is 2.80 bits per heavy atom. The summed E-state index contributed by atoms with van der Waals surface area (Å²) >= 11 is 0. The van der Waals surface area contributed by atoms with Crippen molar-refractivity contribution in [3.8, 4) is 5.75 Å². The van der Waals surface area contributed by atoms with Gasteiger partial charge in [-0.3, -0.25) is 4.79 Å². The summed E-state index contributed by atoms with van der Waals surface area (Å²) in [5.74, 6) is 0.343. The number of ether oxygens (including phenoxy) is 1. The van der Waals surface area contributed by atoms with Crippen LogP contribution in [-0.2, 0) is 11.2 Å². The molecule has 0 saturated heterocycles. The molecule has 0 aliphatic carbocycles. The van der Waals surface area contributed by atoms with Gasteiger partial charge in [0.05, 0.1) is 5.52 Å². The lowest BCUT2D eigenvalue weighted by Crippen LogP contribution is -2.30. The molecule has 0 saturated carbocycles. The number of esters is 1. The van der Waals surface area contributed by atoms with Crippen molar-refractivity contribution in [2.75, 3.05) is 13.6 Å². The largest absolute Gasteiger partial charge is 0.424 e. The molecule has 20 heavy (non-hydrogen) atoms. The van der Waals surface area contributed by atoms with E-state index >= 15 is 0 Å². The number of pyridine rings is 1. The number of nitrogens with zero attached hydrogens (tertiary/aromatic N) is 2. The van der Waals surface area contributed by atoms with Crippen molar-refractivity contribution < 1.29 is 9.53 Å². The highest BCUT2D eigenvalue weighted by Gasteiger charge is 2.14. The molecule has 2 aromatic rings. The summed E-state index contributed by atoms with van der Waals surface area (Å²) in [5.41, 5.74) is 2.19. The van der Waals surface area contributed by atoms with Crippen molar-refractivity contribution in [1.29, 1.82) is 0 Å². The van der Waals surface area contributed by atoms with Crippen LogP contribution in [0.1, 0.15) is 26.3 Å². The molecule has 4 heteroatoms. The fourth-order valence-corrected chi connectivity index (χ4v) is 2.39. The molecule has 2 rings (SSSR count). The zero-order valence-corrected chi connectivity index (χ0v) is 12.6. The number of carbonyl (C=O) groups excluding carboxylic acids is 1. The van der Waals surface area contributed by atoms with E-state index in [9.17, 15) is 4.79 Å². The van der Waals surface area contributed by atoms with E-state index < -0.39 is 0 Å². The van der Waals surface area contributed by atoms with Crippen LogP contribution in [0.3, 0.4) is 0 Å². The first-order valence-electron chi connectivity index (χ1n) is 7.00. The van der Waals surface area contributed by atoms with Crippen molar-refractivity contribution in [3.63, 3.8) is 0 Å². The SMILES string of the molecule is CCN(C)C(C)Cc1ccn2cccc(OC(C)=O)c12. The summed E-state index contributed by atoms with van der Waals surface area (Å²) in [6, 6.07) is 6.27. The number of rotatable bonds is 5. The summed E-state index contributed by atoms with van der Waals surface area (Å²) in [6.45, 7) is 6.81. The van der Waals surface area contributed by atoms with Crippen molar-refractivity contribution in [2.24, 2.45) is 0 Å². The molecule has 0 amide bonds. The van der Waals surface area contributed by atoms with Gasteiger partial charge < -0.3 is 14.0 Å². The minimum atomic E-state index is -0.288. The van der Waals surface area contributed by atoms with Gasteiger partial charge in [-0.15, -0.1) is 0 Å². The second-order valence-electron chi connectivity index (χ2n) is 5.19. The van der Waals surface area contributed by atoms with Crippen molar-refractivity contribution >= 4 is 11.5 Å². The molecule has 0 aromatic carbocycles. The van der Waals surface area contributed by atoms with E-state index in [1.807, 2.05) is 28.9 Å². The number of likely N-dealkylation sites (N-methyl/N-ethyl adjacent to an activating group) is 1. The van der Waals surface area contributed by atoms with Gasteiger partial charge in [0, 0.05) is 25.4 Å². The average molecular weight is 274 g/mol. The highest BCUT2D eigenvalue weighted by Crippen LogP contribution is 2.26. The smallest absolute Gasteiger partial charge is 0.308 e. The third-order valence-electron chi connectivity index (χ3n) is 3.75. The molecule has 1 atom stereocenters. The zero-order valence-electron chi connectivity index (χ0n) is 12.6. The van der Waals surface area contributed by atoms with Crippen LogP contribution in [0.4, 0.5) is 0 Å². The van der Waals surface area contributed by atoms with Crippen LogP contribution in [0.25, 0.3) is 5.52 Å². The first kappa shape index (κ1) is 14.6. The predicted molar refractivity (Wildman–Crippen MR) is 80.2 cm³/mol. The fourth-order valence-electron chi connectivity index (χ4n) is 2.39. The number of hydrogen-bond acceptors (Lipinski definition) is 3. The number of carbonyl (C=O) groups is 1. The van der Waals surface area contributed by atoms with E-state index in [0.29, 0.717) is 11.8 Å². The second-order valence-corrected chi connectivity index (χ2v) is 5.19. The molecule has 4 nitrogen and oxygen atoms in total. The number of aromatic nitrogens is 1. The molecule has 0 N–H and O–H groups in total. The van der Waals surface area contributed by atoms with Crippen LogP contribution >= 0.6 is 0 Å². The Kier molecular flexibility index (Phi) is 4.45. The summed E-state index contributed by atoms with van der Waals surface area (Å²) in [7, 11) is 2.12. The summed E-state index contributed by atoms with van der Waals surface area (Å²) in [6.07, 6.45) is 4.91. The minimum absolute atomic E-state index is 0.288. The van der Waals surface area contributed by atoms with Crippen LogP contribution in [0.2, 0.25) is 0 Å². The highest BCUT2D eigenvalue weighted by atomic mass is 16.5.